The summed E-state index contributed by atoms with van der Waals surface area (Å²) in [6, 6.07) is 1.66. The second kappa shape index (κ2) is 11.6. The Morgan fingerprint density at radius 3 is 2.46 bits per heavy atom. The van der Waals surface area contributed by atoms with E-state index < -0.39 is 0 Å². The molecule has 0 radical (unpaired) electrons. The molecule has 0 aliphatic heterocycles. The van der Waals surface area contributed by atoms with E-state index >= 15 is 0 Å². The minimum absolute atomic E-state index is 0.0615. The standard InChI is InChI=1S/C18H31N3O3/c1-4-6-8-10-12-21(18(23)11-9-7-5-2)14-17(22)19-16-13-15(3)24-20-16/h13H,4-12,14H2,1-3H3,(H,19,20,22). The minimum Gasteiger partial charge on any atom is -0.360 e. The van der Waals surface area contributed by atoms with Crippen molar-refractivity contribution in [2.75, 3.05) is 18.4 Å². The molecule has 1 N–H and O–H groups in total. The number of nitrogens with zero attached hydrogens (tertiary/aromatic N) is 2. The Bertz CT molecular complexity index is 499. The van der Waals surface area contributed by atoms with Crippen LogP contribution in [0, 0.1) is 6.92 Å². The zero-order chi connectivity index (χ0) is 17.8. The molecule has 0 bridgehead atoms. The van der Waals surface area contributed by atoms with Gasteiger partial charge in [-0.15, -0.1) is 0 Å². The lowest BCUT2D eigenvalue weighted by Crippen LogP contribution is -2.38. The number of unbranched alkanes of at least 4 members (excludes halogenated alkanes) is 5. The third-order valence-corrected chi connectivity index (χ3v) is 3.86. The van der Waals surface area contributed by atoms with Gasteiger partial charge in [-0.05, 0) is 19.8 Å². The van der Waals surface area contributed by atoms with Gasteiger partial charge in [-0.2, -0.15) is 0 Å². The Morgan fingerprint density at radius 2 is 1.83 bits per heavy atom. The molecule has 6 heteroatoms. The van der Waals surface area contributed by atoms with Crippen LogP contribution in [0.1, 0.15) is 71.0 Å². The van der Waals surface area contributed by atoms with E-state index in [1.165, 1.54) is 0 Å². The molecule has 0 atom stereocenters. The summed E-state index contributed by atoms with van der Waals surface area (Å²) >= 11 is 0. The van der Waals surface area contributed by atoms with E-state index in [2.05, 4.69) is 24.3 Å². The summed E-state index contributed by atoms with van der Waals surface area (Å²) in [6.45, 7) is 6.74. The van der Waals surface area contributed by atoms with E-state index in [9.17, 15) is 9.59 Å². The Hall–Kier alpha value is -1.85. The predicted molar refractivity (Wildman–Crippen MR) is 94.7 cm³/mol. The number of aryl methyl sites for hydroxylation is 1. The molecule has 0 spiro atoms. The van der Waals surface area contributed by atoms with Crippen molar-refractivity contribution in [1.29, 1.82) is 0 Å². The molecule has 0 saturated carbocycles. The van der Waals surface area contributed by atoms with Gasteiger partial charge in [0.05, 0.1) is 6.54 Å². The van der Waals surface area contributed by atoms with E-state index in [0.717, 1.165) is 44.9 Å². The van der Waals surface area contributed by atoms with Crippen LogP contribution in [0.4, 0.5) is 5.82 Å². The summed E-state index contributed by atoms with van der Waals surface area (Å²) in [5.74, 6) is 0.855. The Labute approximate surface area is 145 Å². The molecule has 1 aromatic rings. The fourth-order valence-electron chi connectivity index (χ4n) is 2.49. The van der Waals surface area contributed by atoms with E-state index in [1.807, 2.05) is 0 Å². The lowest BCUT2D eigenvalue weighted by molar-refractivity contribution is -0.134. The quantitative estimate of drug-likeness (QED) is 0.587. The molecule has 0 unspecified atom stereocenters. The molecule has 0 aromatic carbocycles. The zero-order valence-electron chi connectivity index (χ0n) is 15.3. The SMILES string of the molecule is CCCCCCN(CC(=O)Nc1cc(C)on1)C(=O)CCCCC. The maximum absolute atomic E-state index is 12.4. The first-order chi connectivity index (χ1) is 11.6. The van der Waals surface area contributed by atoms with E-state index in [1.54, 1.807) is 17.9 Å². The molecule has 1 aromatic heterocycles. The average molecular weight is 337 g/mol. The van der Waals surface area contributed by atoms with Gasteiger partial charge in [0.1, 0.15) is 5.76 Å². The zero-order valence-corrected chi connectivity index (χ0v) is 15.3. The van der Waals surface area contributed by atoms with Gasteiger partial charge in [-0.3, -0.25) is 9.59 Å². The number of anilines is 1. The fraction of sp³-hybridized carbons (Fsp3) is 0.722. The highest BCUT2D eigenvalue weighted by Gasteiger charge is 2.17. The van der Waals surface area contributed by atoms with Crippen LogP contribution < -0.4 is 5.32 Å². The van der Waals surface area contributed by atoms with E-state index in [-0.39, 0.29) is 18.4 Å². The van der Waals surface area contributed by atoms with Crippen LogP contribution in [0.15, 0.2) is 10.6 Å². The van der Waals surface area contributed by atoms with Crippen LogP contribution in [0.3, 0.4) is 0 Å². The summed E-state index contributed by atoms with van der Waals surface area (Å²) < 4.78 is 4.93. The van der Waals surface area contributed by atoms with Crippen molar-refractivity contribution in [2.24, 2.45) is 0 Å². The number of nitrogens with one attached hydrogen (secondary N) is 1. The third-order valence-electron chi connectivity index (χ3n) is 3.86. The first-order valence-electron chi connectivity index (χ1n) is 9.07. The predicted octanol–water partition coefficient (Wildman–Crippen LogP) is 3.91. The number of aromatic nitrogens is 1. The van der Waals surface area contributed by atoms with Gasteiger partial charge in [-0.1, -0.05) is 51.1 Å². The molecular formula is C18H31N3O3. The Kier molecular flexibility index (Phi) is 9.80. The maximum Gasteiger partial charge on any atom is 0.245 e. The van der Waals surface area contributed by atoms with Gasteiger partial charge in [0, 0.05) is 19.0 Å². The second-order valence-corrected chi connectivity index (χ2v) is 6.20. The van der Waals surface area contributed by atoms with Crippen LogP contribution in [0.25, 0.3) is 0 Å². The van der Waals surface area contributed by atoms with Crippen LogP contribution in [0.2, 0.25) is 0 Å². The normalized spacial score (nSPS) is 10.6. The van der Waals surface area contributed by atoms with Gasteiger partial charge in [0.15, 0.2) is 5.82 Å². The number of amides is 2. The lowest BCUT2D eigenvalue weighted by Gasteiger charge is -2.22. The summed E-state index contributed by atoms with van der Waals surface area (Å²) in [5.41, 5.74) is 0. The molecule has 0 aliphatic carbocycles. The van der Waals surface area contributed by atoms with E-state index in [4.69, 9.17) is 4.52 Å². The number of carbonyl (C=O) groups excluding carboxylic acids is 2. The van der Waals surface area contributed by atoms with Gasteiger partial charge >= 0.3 is 0 Å². The largest absolute Gasteiger partial charge is 0.360 e. The Morgan fingerprint density at radius 1 is 1.12 bits per heavy atom. The van der Waals surface area contributed by atoms with Gasteiger partial charge in [0.2, 0.25) is 11.8 Å². The Balaban J connectivity index is 2.51. The third kappa shape index (κ3) is 8.13. The maximum atomic E-state index is 12.4. The number of rotatable bonds is 12. The molecular weight excluding hydrogens is 306 g/mol. The second-order valence-electron chi connectivity index (χ2n) is 6.20. The topological polar surface area (TPSA) is 75.4 Å². The molecule has 24 heavy (non-hydrogen) atoms. The molecule has 6 nitrogen and oxygen atoms in total. The first kappa shape index (κ1) is 20.2. The molecule has 0 saturated heterocycles. The fourth-order valence-corrected chi connectivity index (χ4v) is 2.49. The van der Waals surface area contributed by atoms with Gasteiger partial charge in [0.25, 0.3) is 0 Å². The van der Waals surface area contributed by atoms with Crippen LogP contribution in [-0.2, 0) is 9.59 Å². The summed E-state index contributed by atoms with van der Waals surface area (Å²) in [4.78, 5) is 26.2. The number of carbonyl (C=O) groups is 2. The number of hydrogen-bond donors (Lipinski definition) is 1. The summed E-state index contributed by atoms with van der Waals surface area (Å²) in [6.07, 6.45) is 7.83. The van der Waals surface area contributed by atoms with Crippen LogP contribution >= 0.6 is 0 Å². The van der Waals surface area contributed by atoms with Crippen molar-refractivity contribution in [3.63, 3.8) is 0 Å². The smallest absolute Gasteiger partial charge is 0.245 e. The van der Waals surface area contributed by atoms with Crippen molar-refractivity contribution in [1.82, 2.24) is 10.1 Å². The molecule has 2 amide bonds. The van der Waals surface area contributed by atoms with Crippen molar-refractivity contribution in [3.05, 3.63) is 11.8 Å². The highest BCUT2D eigenvalue weighted by Crippen LogP contribution is 2.09. The van der Waals surface area contributed by atoms with Crippen molar-refractivity contribution >= 4 is 17.6 Å². The van der Waals surface area contributed by atoms with Gasteiger partial charge < -0.3 is 14.7 Å². The van der Waals surface area contributed by atoms with Gasteiger partial charge in [-0.25, -0.2) is 0 Å². The molecule has 1 heterocycles. The lowest BCUT2D eigenvalue weighted by atomic mass is 10.1. The summed E-state index contributed by atoms with van der Waals surface area (Å²) in [5, 5.41) is 6.42. The monoisotopic (exact) mass is 337 g/mol. The highest BCUT2D eigenvalue weighted by atomic mass is 16.5. The van der Waals surface area contributed by atoms with Crippen LogP contribution in [0.5, 0.6) is 0 Å². The average Bonchev–Trinajstić information content (AvgIpc) is 2.95. The number of hydrogen-bond acceptors (Lipinski definition) is 4. The van der Waals surface area contributed by atoms with Crippen LogP contribution in [-0.4, -0.2) is 35.0 Å². The van der Waals surface area contributed by atoms with Crippen molar-refractivity contribution < 1.29 is 14.1 Å². The first-order valence-corrected chi connectivity index (χ1v) is 9.07. The van der Waals surface area contributed by atoms with E-state index in [0.29, 0.717) is 24.5 Å². The molecule has 136 valence electrons. The minimum atomic E-state index is -0.234. The highest BCUT2D eigenvalue weighted by molar-refractivity contribution is 5.93. The molecule has 0 aliphatic rings. The summed E-state index contributed by atoms with van der Waals surface area (Å²) in [7, 11) is 0. The molecule has 1 rings (SSSR count). The van der Waals surface area contributed by atoms with Crippen molar-refractivity contribution in [3.8, 4) is 0 Å². The van der Waals surface area contributed by atoms with Crippen molar-refractivity contribution in [2.45, 2.75) is 72.1 Å². The molecule has 0 fully saturated rings.